The average Bonchev–Trinajstić information content (AvgIpc) is 2.33. The van der Waals surface area contributed by atoms with E-state index in [4.69, 9.17) is 9.47 Å². The highest BCUT2D eigenvalue weighted by atomic mass is 16.5. The molecule has 108 valence electrons. The van der Waals surface area contributed by atoms with Crippen LogP contribution >= 0.6 is 0 Å². The molecule has 5 nitrogen and oxygen atoms in total. The molecule has 0 aromatic carbocycles. The quantitative estimate of drug-likeness (QED) is 0.467. The predicted molar refractivity (Wildman–Crippen MR) is 72.7 cm³/mol. The Morgan fingerprint density at radius 3 is 2.50 bits per heavy atom. The van der Waals surface area contributed by atoms with Crippen LogP contribution in [0, 0.1) is 0 Å². The first-order valence-electron chi connectivity index (χ1n) is 6.61. The number of esters is 1. The van der Waals surface area contributed by atoms with Gasteiger partial charge >= 0.3 is 5.97 Å². The minimum Gasteiger partial charge on any atom is -0.468 e. The molecule has 0 saturated carbocycles. The van der Waals surface area contributed by atoms with Crippen LogP contribution in [0.2, 0.25) is 0 Å². The van der Waals surface area contributed by atoms with Gasteiger partial charge in [0.15, 0.2) is 0 Å². The summed E-state index contributed by atoms with van der Waals surface area (Å²) in [6.07, 6.45) is 0.744. The lowest BCUT2D eigenvalue weighted by Gasteiger charge is -2.22. The van der Waals surface area contributed by atoms with Crippen LogP contribution in [0.4, 0.5) is 0 Å². The molecule has 0 saturated heterocycles. The molecule has 1 N–H and O–H groups in total. The van der Waals surface area contributed by atoms with Gasteiger partial charge in [-0.3, -0.25) is 4.79 Å². The van der Waals surface area contributed by atoms with Crippen molar-refractivity contribution in [1.82, 2.24) is 10.2 Å². The van der Waals surface area contributed by atoms with Crippen molar-refractivity contribution in [2.45, 2.75) is 39.3 Å². The standard InChI is InChI=1S/C13H28N2O3/c1-6-18-10-9-15(4)8-7-12(13(16)17-5)14-11(2)3/h11-12,14H,6-10H2,1-5H3. The maximum Gasteiger partial charge on any atom is 0.322 e. The van der Waals surface area contributed by atoms with Crippen molar-refractivity contribution in [3.63, 3.8) is 0 Å². The molecule has 0 heterocycles. The van der Waals surface area contributed by atoms with Crippen molar-refractivity contribution in [2.75, 3.05) is 40.5 Å². The van der Waals surface area contributed by atoms with E-state index in [0.29, 0.717) is 0 Å². The van der Waals surface area contributed by atoms with Crippen molar-refractivity contribution >= 4 is 5.97 Å². The van der Waals surface area contributed by atoms with Gasteiger partial charge in [-0.25, -0.2) is 0 Å². The van der Waals surface area contributed by atoms with Crippen molar-refractivity contribution in [3.8, 4) is 0 Å². The second kappa shape index (κ2) is 10.3. The van der Waals surface area contributed by atoms with Crippen LogP contribution in [0.3, 0.4) is 0 Å². The number of rotatable bonds is 10. The number of hydrogen-bond acceptors (Lipinski definition) is 5. The highest BCUT2D eigenvalue weighted by Gasteiger charge is 2.19. The normalized spacial score (nSPS) is 13.1. The molecule has 18 heavy (non-hydrogen) atoms. The van der Waals surface area contributed by atoms with Gasteiger partial charge in [-0.15, -0.1) is 0 Å². The van der Waals surface area contributed by atoms with Crippen LogP contribution in [0.5, 0.6) is 0 Å². The molecule has 0 fully saturated rings. The number of nitrogens with zero attached hydrogens (tertiary/aromatic N) is 1. The summed E-state index contributed by atoms with van der Waals surface area (Å²) in [5.41, 5.74) is 0. The second-order valence-corrected chi connectivity index (χ2v) is 4.69. The molecular weight excluding hydrogens is 232 g/mol. The molecule has 1 unspecified atom stereocenters. The zero-order chi connectivity index (χ0) is 14.0. The lowest BCUT2D eigenvalue weighted by Crippen LogP contribution is -2.43. The SMILES string of the molecule is CCOCCN(C)CCC(NC(C)C)C(=O)OC. The van der Waals surface area contributed by atoms with Gasteiger partial charge in [0.25, 0.3) is 0 Å². The van der Waals surface area contributed by atoms with E-state index in [9.17, 15) is 4.79 Å². The molecule has 0 amide bonds. The number of nitrogens with one attached hydrogen (secondary N) is 1. The monoisotopic (exact) mass is 260 g/mol. The van der Waals surface area contributed by atoms with Crippen LogP contribution in [0.1, 0.15) is 27.2 Å². The third-order valence-corrected chi connectivity index (χ3v) is 2.64. The summed E-state index contributed by atoms with van der Waals surface area (Å²) in [4.78, 5) is 13.8. The Labute approximate surface area is 111 Å². The third kappa shape index (κ3) is 8.44. The Hall–Kier alpha value is -0.650. The Morgan fingerprint density at radius 1 is 1.33 bits per heavy atom. The molecule has 0 rings (SSSR count). The summed E-state index contributed by atoms with van der Waals surface area (Å²) in [7, 11) is 3.46. The number of carbonyl (C=O) groups is 1. The van der Waals surface area contributed by atoms with Gasteiger partial charge in [-0.1, -0.05) is 13.8 Å². The molecule has 0 bridgehead atoms. The van der Waals surface area contributed by atoms with Gasteiger partial charge < -0.3 is 19.7 Å². The lowest BCUT2D eigenvalue weighted by molar-refractivity contribution is -0.143. The first-order valence-corrected chi connectivity index (χ1v) is 6.61. The molecule has 0 aliphatic rings. The molecule has 5 heteroatoms. The maximum absolute atomic E-state index is 11.6. The maximum atomic E-state index is 11.6. The summed E-state index contributed by atoms with van der Waals surface area (Å²) in [6, 6.07) is 0.0346. The van der Waals surface area contributed by atoms with E-state index >= 15 is 0 Å². The first kappa shape index (κ1) is 17.4. The number of carbonyl (C=O) groups excluding carboxylic acids is 1. The van der Waals surface area contributed by atoms with Gasteiger partial charge in [0.2, 0.25) is 0 Å². The average molecular weight is 260 g/mol. The summed E-state index contributed by atoms with van der Waals surface area (Å²) >= 11 is 0. The van der Waals surface area contributed by atoms with Crippen LogP contribution in [-0.2, 0) is 14.3 Å². The van der Waals surface area contributed by atoms with Crippen molar-refractivity contribution in [3.05, 3.63) is 0 Å². The molecule has 0 aliphatic heterocycles. The van der Waals surface area contributed by atoms with Crippen LogP contribution in [0.25, 0.3) is 0 Å². The lowest BCUT2D eigenvalue weighted by atomic mass is 10.1. The van der Waals surface area contributed by atoms with E-state index < -0.39 is 0 Å². The number of likely N-dealkylation sites (N-methyl/N-ethyl adjacent to an activating group) is 1. The van der Waals surface area contributed by atoms with Gasteiger partial charge in [0.1, 0.15) is 6.04 Å². The first-order chi connectivity index (χ1) is 8.51. The van der Waals surface area contributed by atoms with Gasteiger partial charge in [0, 0.05) is 19.2 Å². The van der Waals surface area contributed by atoms with Crippen LogP contribution in [0.15, 0.2) is 0 Å². The molecule has 0 radical (unpaired) electrons. The zero-order valence-electron chi connectivity index (χ0n) is 12.4. The van der Waals surface area contributed by atoms with Crippen molar-refractivity contribution in [2.24, 2.45) is 0 Å². The van der Waals surface area contributed by atoms with E-state index in [1.54, 1.807) is 0 Å². The fourth-order valence-electron chi connectivity index (χ4n) is 1.64. The van der Waals surface area contributed by atoms with Crippen LogP contribution in [-0.4, -0.2) is 63.4 Å². The van der Waals surface area contributed by atoms with Gasteiger partial charge in [-0.2, -0.15) is 0 Å². The van der Waals surface area contributed by atoms with Crippen LogP contribution < -0.4 is 5.32 Å². The number of ether oxygens (including phenoxy) is 2. The Balaban J connectivity index is 3.97. The Morgan fingerprint density at radius 2 is 2.00 bits per heavy atom. The second-order valence-electron chi connectivity index (χ2n) is 4.69. The molecule has 0 aliphatic carbocycles. The molecule has 0 aromatic heterocycles. The summed E-state index contributed by atoms with van der Waals surface area (Å²) in [6.45, 7) is 9.22. The number of methoxy groups -OCH3 is 1. The van der Waals surface area contributed by atoms with E-state index in [1.807, 2.05) is 27.8 Å². The molecule has 0 spiro atoms. The third-order valence-electron chi connectivity index (χ3n) is 2.64. The van der Waals surface area contributed by atoms with E-state index in [1.165, 1.54) is 7.11 Å². The summed E-state index contributed by atoms with van der Waals surface area (Å²) in [5, 5.41) is 3.22. The molecular formula is C13H28N2O3. The minimum absolute atomic E-state index is 0.193. The van der Waals surface area contributed by atoms with Gasteiger partial charge in [0.05, 0.1) is 13.7 Å². The fourth-order valence-corrected chi connectivity index (χ4v) is 1.64. The largest absolute Gasteiger partial charge is 0.468 e. The predicted octanol–water partition coefficient (Wildman–Crippen LogP) is 0.884. The van der Waals surface area contributed by atoms with E-state index in [0.717, 1.165) is 32.7 Å². The van der Waals surface area contributed by atoms with E-state index in [-0.39, 0.29) is 18.1 Å². The summed E-state index contributed by atoms with van der Waals surface area (Å²) < 4.78 is 10.1. The molecule has 0 aromatic rings. The number of hydrogen-bond donors (Lipinski definition) is 1. The Kier molecular flexibility index (Phi) is 9.92. The zero-order valence-corrected chi connectivity index (χ0v) is 12.4. The Bertz CT molecular complexity index is 222. The smallest absolute Gasteiger partial charge is 0.322 e. The molecule has 1 atom stereocenters. The van der Waals surface area contributed by atoms with E-state index in [2.05, 4.69) is 10.2 Å². The van der Waals surface area contributed by atoms with Crippen molar-refractivity contribution < 1.29 is 14.3 Å². The summed E-state index contributed by atoms with van der Waals surface area (Å²) in [5.74, 6) is -0.193. The fraction of sp³-hybridized carbons (Fsp3) is 0.923. The highest BCUT2D eigenvalue weighted by molar-refractivity contribution is 5.75. The van der Waals surface area contributed by atoms with Gasteiger partial charge in [-0.05, 0) is 26.9 Å². The topological polar surface area (TPSA) is 50.8 Å². The van der Waals surface area contributed by atoms with Crippen molar-refractivity contribution in [1.29, 1.82) is 0 Å². The highest BCUT2D eigenvalue weighted by Crippen LogP contribution is 1.99. The minimum atomic E-state index is -0.232.